The fourth-order valence-corrected chi connectivity index (χ4v) is 0.883. The highest BCUT2D eigenvalue weighted by molar-refractivity contribution is 7.75. The molecule has 0 saturated carbocycles. The molecule has 0 bridgehead atoms. The largest absolute Gasteiger partial charge is 0.310 e. The zero-order valence-corrected chi connectivity index (χ0v) is 6.75. The summed E-state index contributed by atoms with van der Waals surface area (Å²) in [5.41, 5.74) is 0.654. The lowest BCUT2D eigenvalue weighted by molar-refractivity contribution is 0.0937. The Hall–Kier alpha value is -0.800. The third-order valence-corrected chi connectivity index (χ3v) is 1.42. The topological polar surface area (TPSA) is 26.3 Å². The van der Waals surface area contributed by atoms with E-state index in [9.17, 15) is 4.79 Å². The van der Waals surface area contributed by atoms with E-state index in [4.69, 9.17) is 0 Å². The summed E-state index contributed by atoms with van der Waals surface area (Å²) < 4.78 is 4.40. The molecule has 3 heteroatoms. The number of thiol groups is 1. The average molecular weight is 168 g/mol. The molecule has 0 aliphatic heterocycles. The predicted octanol–water partition coefficient (Wildman–Crippen LogP) is 1.73. The molecule has 0 amide bonds. The maximum Gasteiger partial charge on any atom is 0.189 e. The summed E-state index contributed by atoms with van der Waals surface area (Å²) in [4.78, 5) is 11.1. The Labute approximate surface area is 70.8 Å². The van der Waals surface area contributed by atoms with Crippen molar-refractivity contribution in [3.63, 3.8) is 0 Å². The van der Waals surface area contributed by atoms with Gasteiger partial charge in [0.25, 0.3) is 0 Å². The molecular weight excluding hydrogens is 160 g/mol. The third-order valence-electron chi connectivity index (χ3n) is 1.29. The van der Waals surface area contributed by atoms with Gasteiger partial charge in [-0.15, -0.1) is 0 Å². The molecule has 0 aromatic heterocycles. The third kappa shape index (κ3) is 2.37. The molecule has 0 saturated heterocycles. The molecule has 0 radical (unpaired) electrons. The van der Waals surface area contributed by atoms with Crippen molar-refractivity contribution in [2.24, 2.45) is 0 Å². The Morgan fingerprint density at radius 2 is 2.00 bits per heavy atom. The summed E-state index contributed by atoms with van der Waals surface area (Å²) in [7, 11) is 0. The molecule has 1 aromatic rings. The summed E-state index contributed by atoms with van der Waals surface area (Å²) in [6.45, 7) is 0.0210. The van der Waals surface area contributed by atoms with Gasteiger partial charge in [0.15, 0.2) is 5.78 Å². The second kappa shape index (κ2) is 4.16. The molecule has 0 N–H and O–H groups in total. The van der Waals surface area contributed by atoms with Crippen LogP contribution in [0.25, 0.3) is 0 Å². The number of carbonyl (C=O) groups is 1. The molecule has 0 aliphatic rings. The van der Waals surface area contributed by atoms with Crippen LogP contribution in [0.5, 0.6) is 0 Å². The molecular formula is C8H8O2S. The van der Waals surface area contributed by atoms with E-state index in [1.807, 2.05) is 18.2 Å². The van der Waals surface area contributed by atoms with Crippen LogP contribution in [0.15, 0.2) is 30.3 Å². The maximum atomic E-state index is 11.1. The van der Waals surface area contributed by atoms with Gasteiger partial charge in [0.2, 0.25) is 0 Å². The highest BCUT2D eigenvalue weighted by Crippen LogP contribution is 2.00. The molecule has 0 unspecified atom stereocenters. The van der Waals surface area contributed by atoms with Crippen LogP contribution in [0.3, 0.4) is 0 Å². The standard InChI is InChI=1S/C8H8O2S/c9-8(6-10-11)7-4-2-1-3-5-7/h1-5,11H,6H2. The molecule has 0 spiro atoms. The Balaban J connectivity index is 2.69. The second-order valence-corrected chi connectivity index (χ2v) is 2.32. The first kappa shape index (κ1) is 8.30. The first-order chi connectivity index (χ1) is 5.34. The Bertz CT molecular complexity index is 233. The second-order valence-electron chi connectivity index (χ2n) is 2.06. The van der Waals surface area contributed by atoms with Crippen molar-refractivity contribution >= 4 is 18.7 Å². The highest BCUT2D eigenvalue weighted by Gasteiger charge is 2.02. The minimum absolute atomic E-state index is 0.0210. The Kier molecular flexibility index (Phi) is 3.14. The Morgan fingerprint density at radius 1 is 1.36 bits per heavy atom. The molecule has 0 fully saturated rings. The van der Waals surface area contributed by atoms with Crippen LogP contribution < -0.4 is 0 Å². The van der Waals surface area contributed by atoms with Gasteiger partial charge in [-0.3, -0.25) is 4.79 Å². The van der Waals surface area contributed by atoms with Crippen molar-refractivity contribution in [3.8, 4) is 0 Å². The van der Waals surface area contributed by atoms with E-state index in [0.29, 0.717) is 5.56 Å². The smallest absolute Gasteiger partial charge is 0.189 e. The number of hydrogen-bond acceptors (Lipinski definition) is 3. The van der Waals surface area contributed by atoms with Crippen molar-refractivity contribution < 1.29 is 8.98 Å². The molecule has 0 aliphatic carbocycles. The van der Waals surface area contributed by atoms with E-state index >= 15 is 0 Å². The zero-order chi connectivity index (χ0) is 8.10. The van der Waals surface area contributed by atoms with Gasteiger partial charge in [-0.1, -0.05) is 30.3 Å². The summed E-state index contributed by atoms with van der Waals surface area (Å²) in [6.07, 6.45) is 0. The quantitative estimate of drug-likeness (QED) is 0.422. The molecule has 11 heavy (non-hydrogen) atoms. The van der Waals surface area contributed by atoms with E-state index in [-0.39, 0.29) is 12.4 Å². The SMILES string of the molecule is O=C(COS)c1ccccc1. The number of rotatable bonds is 3. The number of carbonyl (C=O) groups excluding carboxylic acids is 1. The summed E-state index contributed by atoms with van der Waals surface area (Å²) in [6, 6.07) is 8.97. The van der Waals surface area contributed by atoms with E-state index in [1.165, 1.54) is 0 Å². The van der Waals surface area contributed by atoms with Crippen molar-refractivity contribution in [3.05, 3.63) is 35.9 Å². The van der Waals surface area contributed by atoms with Crippen LogP contribution in [-0.4, -0.2) is 12.4 Å². The van der Waals surface area contributed by atoms with Crippen molar-refractivity contribution in [1.82, 2.24) is 0 Å². The van der Waals surface area contributed by atoms with E-state index in [0.717, 1.165) is 0 Å². The minimum atomic E-state index is -0.0550. The monoisotopic (exact) mass is 168 g/mol. The van der Waals surface area contributed by atoms with Crippen LogP contribution in [0.2, 0.25) is 0 Å². The van der Waals surface area contributed by atoms with E-state index in [2.05, 4.69) is 17.1 Å². The molecule has 0 atom stereocenters. The number of ketones is 1. The maximum absolute atomic E-state index is 11.1. The van der Waals surface area contributed by atoms with Gasteiger partial charge in [-0.25, -0.2) is 0 Å². The van der Waals surface area contributed by atoms with Crippen LogP contribution in [0, 0.1) is 0 Å². The summed E-state index contributed by atoms with van der Waals surface area (Å²) in [5.74, 6) is -0.0550. The highest BCUT2D eigenvalue weighted by atomic mass is 32.1. The van der Waals surface area contributed by atoms with Gasteiger partial charge >= 0.3 is 0 Å². The predicted molar refractivity (Wildman–Crippen MR) is 45.7 cm³/mol. The van der Waals surface area contributed by atoms with Gasteiger partial charge in [-0.2, -0.15) is 0 Å². The lowest BCUT2D eigenvalue weighted by Crippen LogP contribution is -2.04. The van der Waals surface area contributed by atoms with E-state index in [1.54, 1.807) is 12.1 Å². The molecule has 1 aromatic carbocycles. The fraction of sp³-hybridized carbons (Fsp3) is 0.125. The van der Waals surface area contributed by atoms with Crippen LogP contribution in [0.4, 0.5) is 0 Å². The number of hydrogen-bond donors (Lipinski definition) is 1. The Morgan fingerprint density at radius 3 is 2.55 bits per heavy atom. The summed E-state index contributed by atoms with van der Waals surface area (Å²) >= 11 is 3.49. The van der Waals surface area contributed by atoms with Crippen molar-refractivity contribution in [2.75, 3.05) is 6.61 Å². The summed E-state index contributed by atoms with van der Waals surface area (Å²) in [5, 5.41) is 0. The molecule has 2 nitrogen and oxygen atoms in total. The van der Waals surface area contributed by atoms with Crippen molar-refractivity contribution in [1.29, 1.82) is 0 Å². The molecule has 1 rings (SSSR count). The lowest BCUT2D eigenvalue weighted by Gasteiger charge is -1.96. The van der Waals surface area contributed by atoms with Crippen LogP contribution >= 0.6 is 12.9 Å². The molecule has 58 valence electrons. The van der Waals surface area contributed by atoms with Gasteiger partial charge in [-0.05, 0) is 12.9 Å². The normalized spacial score (nSPS) is 9.55. The number of Topliss-reactive ketones (excluding diaryl/α,β-unsaturated/α-hetero) is 1. The zero-order valence-electron chi connectivity index (χ0n) is 5.86. The van der Waals surface area contributed by atoms with Gasteiger partial charge in [0.1, 0.15) is 6.61 Å². The first-order valence-corrected chi connectivity index (χ1v) is 3.55. The van der Waals surface area contributed by atoms with Gasteiger partial charge < -0.3 is 4.18 Å². The van der Waals surface area contributed by atoms with Gasteiger partial charge in [0.05, 0.1) is 0 Å². The number of benzene rings is 1. The minimum Gasteiger partial charge on any atom is -0.310 e. The van der Waals surface area contributed by atoms with Gasteiger partial charge in [0, 0.05) is 5.56 Å². The van der Waals surface area contributed by atoms with Crippen molar-refractivity contribution in [2.45, 2.75) is 0 Å². The fourth-order valence-electron chi connectivity index (χ4n) is 0.766. The first-order valence-electron chi connectivity index (χ1n) is 3.19. The lowest BCUT2D eigenvalue weighted by atomic mass is 10.1. The van der Waals surface area contributed by atoms with Crippen LogP contribution in [-0.2, 0) is 4.18 Å². The van der Waals surface area contributed by atoms with E-state index < -0.39 is 0 Å². The average Bonchev–Trinajstić information content (AvgIpc) is 2.07. The van der Waals surface area contributed by atoms with Crippen LogP contribution in [0.1, 0.15) is 10.4 Å². The molecule has 0 heterocycles.